The SMILES string of the molecule is CC(CC(=O)Nc1cccc(CC(=O)O)c1)C1CCCO1. The van der Waals surface area contributed by atoms with Crippen molar-refractivity contribution in [2.75, 3.05) is 11.9 Å². The summed E-state index contributed by atoms with van der Waals surface area (Å²) in [6.07, 6.45) is 2.62. The molecule has 0 radical (unpaired) electrons. The molecule has 0 spiro atoms. The fourth-order valence-electron chi connectivity index (χ4n) is 2.62. The first kappa shape index (κ1) is 15.5. The van der Waals surface area contributed by atoms with Crippen molar-refractivity contribution in [1.82, 2.24) is 0 Å². The third-order valence-corrected chi connectivity index (χ3v) is 3.67. The van der Waals surface area contributed by atoms with E-state index < -0.39 is 5.97 Å². The van der Waals surface area contributed by atoms with Crippen LogP contribution in [0.25, 0.3) is 0 Å². The first-order chi connectivity index (χ1) is 10.0. The van der Waals surface area contributed by atoms with Crippen molar-refractivity contribution in [3.05, 3.63) is 29.8 Å². The number of hydrogen-bond donors (Lipinski definition) is 2. The van der Waals surface area contributed by atoms with Crippen molar-refractivity contribution in [3.8, 4) is 0 Å². The van der Waals surface area contributed by atoms with Crippen LogP contribution in [-0.2, 0) is 20.7 Å². The summed E-state index contributed by atoms with van der Waals surface area (Å²) in [5.74, 6) is -0.759. The third-order valence-electron chi connectivity index (χ3n) is 3.67. The van der Waals surface area contributed by atoms with Crippen molar-refractivity contribution < 1.29 is 19.4 Å². The van der Waals surface area contributed by atoms with Gasteiger partial charge in [-0.1, -0.05) is 19.1 Å². The van der Waals surface area contributed by atoms with Gasteiger partial charge in [0.05, 0.1) is 12.5 Å². The average molecular weight is 291 g/mol. The number of ether oxygens (including phenoxy) is 1. The zero-order valence-electron chi connectivity index (χ0n) is 12.2. The molecule has 2 N–H and O–H groups in total. The van der Waals surface area contributed by atoms with E-state index in [1.165, 1.54) is 0 Å². The number of carboxylic acids is 1. The van der Waals surface area contributed by atoms with Crippen LogP contribution >= 0.6 is 0 Å². The Labute approximate surface area is 124 Å². The summed E-state index contributed by atoms with van der Waals surface area (Å²) in [7, 11) is 0. The van der Waals surface area contributed by atoms with Crippen molar-refractivity contribution >= 4 is 17.6 Å². The van der Waals surface area contributed by atoms with Crippen LogP contribution < -0.4 is 5.32 Å². The van der Waals surface area contributed by atoms with E-state index in [1.807, 2.05) is 6.92 Å². The average Bonchev–Trinajstić information content (AvgIpc) is 2.91. The number of benzene rings is 1. The molecule has 1 heterocycles. The zero-order chi connectivity index (χ0) is 15.2. The molecule has 1 aromatic carbocycles. The number of carbonyl (C=O) groups excluding carboxylic acids is 1. The minimum atomic E-state index is -0.884. The van der Waals surface area contributed by atoms with Crippen LogP contribution in [0.15, 0.2) is 24.3 Å². The molecular formula is C16H21NO4. The second-order valence-electron chi connectivity index (χ2n) is 5.55. The summed E-state index contributed by atoms with van der Waals surface area (Å²) in [4.78, 5) is 22.7. The van der Waals surface area contributed by atoms with Crippen molar-refractivity contribution in [2.24, 2.45) is 5.92 Å². The second-order valence-corrected chi connectivity index (χ2v) is 5.55. The number of carbonyl (C=O) groups is 2. The standard InChI is InChI=1S/C16H21NO4/c1-11(14-6-3-7-21-14)8-15(18)17-13-5-2-4-12(9-13)10-16(19)20/h2,4-5,9,11,14H,3,6-8,10H2,1H3,(H,17,18)(H,19,20). The van der Waals surface area contributed by atoms with Gasteiger partial charge in [0.25, 0.3) is 0 Å². The molecule has 0 bridgehead atoms. The number of aliphatic carboxylic acids is 1. The van der Waals surface area contributed by atoms with E-state index >= 15 is 0 Å². The summed E-state index contributed by atoms with van der Waals surface area (Å²) in [6.45, 7) is 2.81. The van der Waals surface area contributed by atoms with Crippen molar-refractivity contribution in [2.45, 2.75) is 38.7 Å². The summed E-state index contributed by atoms with van der Waals surface area (Å²) >= 11 is 0. The highest BCUT2D eigenvalue weighted by Gasteiger charge is 2.24. The number of hydrogen-bond acceptors (Lipinski definition) is 3. The van der Waals surface area contributed by atoms with Gasteiger partial charge in [-0.3, -0.25) is 9.59 Å². The maximum absolute atomic E-state index is 12.0. The molecule has 1 saturated heterocycles. The van der Waals surface area contributed by atoms with Gasteiger partial charge in [0.2, 0.25) is 5.91 Å². The molecule has 114 valence electrons. The lowest BCUT2D eigenvalue weighted by Crippen LogP contribution is -2.23. The van der Waals surface area contributed by atoms with Crippen LogP contribution in [0.2, 0.25) is 0 Å². The molecule has 0 aliphatic carbocycles. The van der Waals surface area contributed by atoms with Gasteiger partial charge in [-0.25, -0.2) is 0 Å². The van der Waals surface area contributed by atoms with E-state index in [0.717, 1.165) is 19.4 Å². The number of anilines is 1. The second kappa shape index (κ2) is 7.22. The van der Waals surface area contributed by atoms with E-state index in [-0.39, 0.29) is 24.3 Å². The first-order valence-corrected chi connectivity index (χ1v) is 7.27. The van der Waals surface area contributed by atoms with Crippen molar-refractivity contribution in [1.29, 1.82) is 0 Å². The maximum atomic E-state index is 12.0. The predicted octanol–water partition coefficient (Wildman–Crippen LogP) is 2.46. The summed E-state index contributed by atoms with van der Waals surface area (Å²) in [5, 5.41) is 11.6. The summed E-state index contributed by atoms with van der Waals surface area (Å²) < 4.78 is 5.58. The zero-order valence-corrected chi connectivity index (χ0v) is 12.2. The van der Waals surface area contributed by atoms with Gasteiger partial charge in [-0.15, -0.1) is 0 Å². The Morgan fingerprint density at radius 3 is 2.95 bits per heavy atom. The molecule has 1 aromatic rings. The Hall–Kier alpha value is -1.88. The minimum Gasteiger partial charge on any atom is -0.481 e. The normalized spacial score (nSPS) is 19.2. The Kier molecular flexibility index (Phi) is 5.33. The lowest BCUT2D eigenvalue weighted by Gasteiger charge is -2.18. The third kappa shape index (κ3) is 4.86. The predicted molar refractivity (Wildman–Crippen MR) is 79.2 cm³/mol. The number of rotatable bonds is 6. The van der Waals surface area contributed by atoms with Crippen LogP contribution in [-0.4, -0.2) is 29.7 Å². The smallest absolute Gasteiger partial charge is 0.307 e. The molecule has 21 heavy (non-hydrogen) atoms. The van der Waals surface area contributed by atoms with E-state index in [2.05, 4.69) is 5.32 Å². The van der Waals surface area contributed by atoms with Gasteiger partial charge >= 0.3 is 5.97 Å². The lowest BCUT2D eigenvalue weighted by atomic mass is 9.98. The van der Waals surface area contributed by atoms with Crippen LogP contribution in [0.4, 0.5) is 5.69 Å². The molecule has 0 aromatic heterocycles. The maximum Gasteiger partial charge on any atom is 0.307 e. The molecule has 0 saturated carbocycles. The minimum absolute atomic E-state index is 0.0456. The Balaban J connectivity index is 1.88. The molecule has 2 rings (SSSR count). The molecule has 2 atom stereocenters. The van der Waals surface area contributed by atoms with Gasteiger partial charge in [0.1, 0.15) is 0 Å². The van der Waals surface area contributed by atoms with Gasteiger partial charge in [0.15, 0.2) is 0 Å². The van der Waals surface area contributed by atoms with Gasteiger partial charge in [-0.05, 0) is 36.5 Å². The highest BCUT2D eigenvalue weighted by molar-refractivity contribution is 5.91. The van der Waals surface area contributed by atoms with E-state index in [9.17, 15) is 9.59 Å². The van der Waals surface area contributed by atoms with Crippen LogP contribution in [0.1, 0.15) is 31.7 Å². The largest absolute Gasteiger partial charge is 0.481 e. The monoisotopic (exact) mass is 291 g/mol. The molecule has 1 fully saturated rings. The van der Waals surface area contributed by atoms with Crippen LogP contribution in [0.5, 0.6) is 0 Å². The number of amides is 1. The summed E-state index contributed by atoms with van der Waals surface area (Å²) in [6, 6.07) is 6.94. The van der Waals surface area contributed by atoms with E-state index in [1.54, 1.807) is 24.3 Å². The molecule has 1 aliphatic heterocycles. The molecule has 2 unspecified atom stereocenters. The van der Waals surface area contributed by atoms with Gasteiger partial charge in [-0.2, -0.15) is 0 Å². The Morgan fingerprint density at radius 1 is 1.48 bits per heavy atom. The molecule has 5 heteroatoms. The Morgan fingerprint density at radius 2 is 2.29 bits per heavy atom. The number of carboxylic acid groups (broad SMARTS) is 1. The fraction of sp³-hybridized carbons (Fsp3) is 0.500. The van der Waals surface area contributed by atoms with E-state index in [4.69, 9.17) is 9.84 Å². The topological polar surface area (TPSA) is 75.6 Å². The summed E-state index contributed by atoms with van der Waals surface area (Å²) in [5.41, 5.74) is 1.31. The van der Waals surface area contributed by atoms with E-state index in [0.29, 0.717) is 17.7 Å². The highest BCUT2D eigenvalue weighted by Crippen LogP contribution is 2.23. The number of nitrogens with one attached hydrogen (secondary N) is 1. The quantitative estimate of drug-likeness (QED) is 0.844. The molecule has 5 nitrogen and oxygen atoms in total. The molecular weight excluding hydrogens is 270 g/mol. The highest BCUT2D eigenvalue weighted by atomic mass is 16.5. The molecule has 1 amide bonds. The van der Waals surface area contributed by atoms with Crippen LogP contribution in [0, 0.1) is 5.92 Å². The lowest BCUT2D eigenvalue weighted by molar-refractivity contribution is -0.136. The van der Waals surface area contributed by atoms with Gasteiger partial charge in [0, 0.05) is 18.7 Å². The van der Waals surface area contributed by atoms with Crippen LogP contribution in [0.3, 0.4) is 0 Å². The fourth-order valence-corrected chi connectivity index (χ4v) is 2.62. The van der Waals surface area contributed by atoms with Crippen molar-refractivity contribution in [3.63, 3.8) is 0 Å². The Bertz CT molecular complexity index is 509. The molecule has 1 aliphatic rings. The first-order valence-electron chi connectivity index (χ1n) is 7.27. The van der Waals surface area contributed by atoms with Gasteiger partial charge < -0.3 is 15.2 Å².